The van der Waals surface area contributed by atoms with Crippen molar-refractivity contribution in [1.29, 1.82) is 0 Å². The van der Waals surface area contributed by atoms with Gasteiger partial charge in [0.05, 0.1) is 43.0 Å². The molecule has 0 saturated carbocycles. The Bertz CT molecular complexity index is 1590. The van der Waals surface area contributed by atoms with Gasteiger partial charge in [0.2, 0.25) is 17.7 Å². The SMILES string of the molecule is C[C@@H]1[C@@H](C(C)(C)O)[C@H](CC(=O)N2CCC[C@H]2CO)O[C@@]12C(=O)N(Cc1ccc(N3CCC3=O)cc1)c1ccc(N3CCC3=O)cc12. The van der Waals surface area contributed by atoms with Crippen LogP contribution in [0.25, 0.3) is 0 Å². The Kier molecular flexibility index (Phi) is 7.49. The number of anilines is 3. The fraction of sp³-hybridized carbons (Fsp3) is 0.543. The standard InChI is InChI=1S/C35H42N4O7/c1-21-32(34(2,3)45)28(18-31(43)36-14-4-5-25(36)20-40)46-35(21)26-17-24(38-16-13-30(38)42)10-11-27(26)39(33(35)44)19-22-6-8-23(9-7-22)37-15-12-29(37)41/h6-11,17,21,25,28,32,40,45H,4-5,12-16,18-20H2,1-3H3/t21-,25+,28+,32-,35+/m1/s1. The maximum Gasteiger partial charge on any atom is 0.264 e. The monoisotopic (exact) mass is 630 g/mol. The molecule has 0 bridgehead atoms. The van der Waals surface area contributed by atoms with Crippen molar-refractivity contribution in [3.8, 4) is 0 Å². The Labute approximate surface area is 268 Å². The number of hydrogen-bond donors (Lipinski definition) is 2. The number of aliphatic hydroxyl groups is 2. The summed E-state index contributed by atoms with van der Waals surface area (Å²) >= 11 is 0. The molecule has 2 aromatic carbocycles. The zero-order valence-electron chi connectivity index (χ0n) is 26.6. The third-order valence-corrected chi connectivity index (χ3v) is 10.9. The van der Waals surface area contributed by atoms with Crippen LogP contribution in [0, 0.1) is 11.8 Å². The first-order chi connectivity index (χ1) is 21.9. The highest BCUT2D eigenvalue weighted by atomic mass is 16.5. The number of nitrogens with zero attached hydrogens (tertiary/aromatic N) is 4. The summed E-state index contributed by atoms with van der Waals surface area (Å²) in [4.78, 5) is 59.6. The second kappa shape index (κ2) is 11.2. The van der Waals surface area contributed by atoms with E-state index in [1.165, 1.54) is 0 Å². The third-order valence-electron chi connectivity index (χ3n) is 10.9. The van der Waals surface area contributed by atoms with Crippen LogP contribution >= 0.6 is 0 Å². The van der Waals surface area contributed by atoms with Gasteiger partial charge in [-0.15, -0.1) is 0 Å². The lowest BCUT2D eigenvalue weighted by molar-refractivity contribution is -0.150. The number of fused-ring (bicyclic) bond motifs is 2. The fourth-order valence-electron chi connectivity index (χ4n) is 8.37. The highest BCUT2D eigenvalue weighted by Gasteiger charge is 2.66. The first-order valence-corrected chi connectivity index (χ1v) is 16.4. The molecule has 5 aliphatic heterocycles. The third kappa shape index (κ3) is 4.74. The number of aliphatic hydroxyl groups excluding tert-OH is 1. The number of benzene rings is 2. The van der Waals surface area contributed by atoms with Crippen molar-refractivity contribution in [2.45, 2.75) is 82.8 Å². The molecule has 4 saturated heterocycles. The first-order valence-electron chi connectivity index (χ1n) is 16.4. The number of carbonyl (C=O) groups excluding carboxylic acids is 4. The van der Waals surface area contributed by atoms with Gasteiger partial charge < -0.3 is 34.5 Å². The molecule has 4 fully saturated rings. The lowest BCUT2D eigenvalue weighted by Crippen LogP contribution is -2.46. The zero-order valence-corrected chi connectivity index (χ0v) is 26.6. The van der Waals surface area contributed by atoms with Gasteiger partial charge in [-0.25, -0.2) is 0 Å². The molecule has 5 aliphatic rings. The van der Waals surface area contributed by atoms with E-state index in [1.54, 1.807) is 33.4 Å². The average Bonchev–Trinajstić information content (AvgIpc) is 3.67. The Morgan fingerprint density at radius 2 is 1.63 bits per heavy atom. The van der Waals surface area contributed by atoms with Gasteiger partial charge in [0.1, 0.15) is 0 Å². The average molecular weight is 631 g/mol. The molecular weight excluding hydrogens is 588 g/mol. The molecule has 2 aromatic rings. The summed E-state index contributed by atoms with van der Waals surface area (Å²) in [5, 5.41) is 21.4. The molecule has 5 heterocycles. The largest absolute Gasteiger partial charge is 0.394 e. The number of ether oxygens (including phenoxy) is 1. The van der Waals surface area contributed by atoms with Crippen LogP contribution in [0.4, 0.5) is 17.1 Å². The summed E-state index contributed by atoms with van der Waals surface area (Å²) in [7, 11) is 0. The number of rotatable bonds is 8. The van der Waals surface area contributed by atoms with E-state index in [0.717, 1.165) is 24.1 Å². The molecule has 2 N–H and O–H groups in total. The quantitative estimate of drug-likeness (QED) is 0.429. The maximum absolute atomic E-state index is 14.8. The molecular formula is C35H42N4O7. The van der Waals surface area contributed by atoms with Crippen LogP contribution in [-0.4, -0.2) is 82.7 Å². The van der Waals surface area contributed by atoms with Crippen LogP contribution in [-0.2, 0) is 36.1 Å². The van der Waals surface area contributed by atoms with Gasteiger partial charge in [-0.1, -0.05) is 19.1 Å². The molecule has 7 rings (SSSR count). The summed E-state index contributed by atoms with van der Waals surface area (Å²) in [5.41, 5.74) is 0.906. The van der Waals surface area contributed by atoms with Crippen molar-refractivity contribution >= 4 is 40.7 Å². The van der Waals surface area contributed by atoms with E-state index in [4.69, 9.17) is 4.74 Å². The number of likely N-dealkylation sites (tertiary alicyclic amines) is 1. The van der Waals surface area contributed by atoms with Crippen molar-refractivity contribution in [1.82, 2.24) is 4.90 Å². The molecule has 11 nitrogen and oxygen atoms in total. The molecule has 0 aliphatic carbocycles. The van der Waals surface area contributed by atoms with Crippen LogP contribution in [0.1, 0.15) is 64.0 Å². The molecule has 4 amide bonds. The van der Waals surface area contributed by atoms with Gasteiger partial charge in [0.25, 0.3) is 5.91 Å². The van der Waals surface area contributed by atoms with Gasteiger partial charge in [-0.05, 0) is 62.6 Å². The molecule has 11 heteroatoms. The number of β-lactam (4-membered cyclic amide) rings is 2. The Balaban J connectivity index is 1.26. The van der Waals surface area contributed by atoms with Crippen molar-refractivity contribution in [3.05, 3.63) is 53.6 Å². The van der Waals surface area contributed by atoms with E-state index < -0.39 is 29.1 Å². The van der Waals surface area contributed by atoms with E-state index in [2.05, 4.69) is 0 Å². The molecule has 1 spiro atoms. The minimum atomic E-state index is -1.49. The summed E-state index contributed by atoms with van der Waals surface area (Å²) in [6.45, 7) is 7.28. The highest BCUT2D eigenvalue weighted by molar-refractivity contribution is 6.09. The van der Waals surface area contributed by atoms with E-state index in [-0.39, 0.29) is 49.2 Å². The number of amides is 4. The van der Waals surface area contributed by atoms with Crippen LogP contribution in [0.5, 0.6) is 0 Å². The van der Waals surface area contributed by atoms with E-state index in [1.807, 2.05) is 49.4 Å². The van der Waals surface area contributed by atoms with Crippen LogP contribution < -0.4 is 14.7 Å². The number of carbonyl (C=O) groups is 4. The second-order valence-corrected chi connectivity index (χ2v) is 14.0. The maximum atomic E-state index is 14.8. The summed E-state index contributed by atoms with van der Waals surface area (Å²) in [5.74, 6) is -1.42. The number of hydrogen-bond acceptors (Lipinski definition) is 7. The van der Waals surface area contributed by atoms with Crippen LogP contribution in [0.15, 0.2) is 42.5 Å². The lowest BCUT2D eigenvalue weighted by atomic mass is 9.70. The van der Waals surface area contributed by atoms with Crippen molar-refractivity contribution in [2.75, 3.05) is 40.9 Å². The Morgan fingerprint density at radius 1 is 0.978 bits per heavy atom. The fourth-order valence-corrected chi connectivity index (χ4v) is 8.37. The predicted molar refractivity (Wildman–Crippen MR) is 170 cm³/mol. The molecule has 0 unspecified atom stereocenters. The summed E-state index contributed by atoms with van der Waals surface area (Å²) in [6, 6.07) is 12.9. The first kappa shape index (κ1) is 30.8. The summed E-state index contributed by atoms with van der Waals surface area (Å²) in [6.07, 6.45) is 1.77. The van der Waals surface area contributed by atoms with Gasteiger partial charge in [-0.2, -0.15) is 0 Å². The molecule has 5 atom stereocenters. The van der Waals surface area contributed by atoms with Crippen LogP contribution in [0.3, 0.4) is 0 Å². The normalized spacial score (nSPS) is 29.1. The van der Waals surface area contributed by atoms with Crippen molar-refractivity contribution in [2.24, 2.45) is 11.8 Å². The molecule has 46 heavy (non-hydrogen) atoms. The van der Waals surface area contributed by atoms with Gasteiger partial charge in [0, 0.05) is 61.2 Å². The summed E-state index contributed by atoms with van der Waals surface area (Å²) < 4.78 is 6.86. The second-order valence-electron chi connectivity index (χ2n) is 14.0. The predicted octanol–water partition coefficient (Wildman–Crippen LogP) is 2.70. The Hall–Kier alpha value is -3.80. The van der Waals surface area contributed by atoms with Crippen molar-refractivity contribution < 1.29 is 34.1 Å². The molecule has 0 aromatic heterocycles. The van der Waals surface area contributed by atoms with Gasteiger partial charge >= 0.3 is 0 Å². The minimum Gasteiger partial charge on any atom is -0.394 e. The highest BCUT2D eigenvalue weighted by Crippen LogP contribution is 2.58. The lowest BCUT2D eigenvalue weighted by Gasteiger charge is -2.35. The minimum absolute atomic E-state index is 0.0123. The molecule has 0 radical (unpaired) electrons. The van der Waals surface area contributed by atoms with E-state index in [0.29, 0.717) is 49.4 Å². The van der Waals surface area contributed by atoms with Crippen molar-refractivity contribution in [3.63, 3.8) is 0 Å². The van der Waals surface area contributed by atoms with E-state index in [9.17, 15) is 29.4 Å². The smallest absolute Gasteiger partial charge is 0.264 e. The zero-order chi connectivity index (χ0) is 32.5. The van der Waals surface area contributed by atoms with Gasteiger partial charge in [-0.3, -0.25) is 19.2 Å². The topological polar surface area (TPSA) is 131 Å². The van der Waals surface area contributed by atoms with E-state index >= 15 is 0 Å². The van der Waals surface area contributed by atoms with Crippen LogP contribution in [0.2, 0.25) is 0 Å². The molecule has 244 valence electrons. The van der Waals surface area contributed by atoms with Gasteiger partial charge in [0.15, 0.2) is 5.60 Å². The Morgan fingerprint density at radius 3 is 2.22 bits per heavy atom.